The minimum atomic E-state index is 1.22. The molecule has 0 amide bonds. The van der Waals surface area contributed by atoms with Crippen molar-refractivity contribution in [3.05, 3.63) is 156 Å². The number of hydrogen-bond donors (Lipinski definition) is 0. The van der Waals surface area contributed by atoms with Crippen molar-refractivity contribution >= 4 is 0 Å². The van der Waals surface area contributed by atoms with Gasteiger partial charge < -0.3 is 0 Å². The van der Waals surface area contributed by atoms with Gasteiger partial charge >= 0.3 is 0 Å². The fourth-order valence-electron chi connectivity index (χ4n) is 5.80. The molecule has 0 N–H and O–H groups in total. The Hall–Kier alpha value is -4.68. The zero-order valence-electron chi connectivity index (χ0n) is 23.7. The van der Waals surface area contributed by atoms with E-state index in [1.165, 1.54) is 77.9 Å². The second-order valence-corrected chi connectivity index (χ2v) is 11.1. The molecule has 0 aliphatic carbocycles. The van der Waals surface area contributed by atoms with Gasteiger partial charge in [-0.05, 0) is 108 Å². The van der Waals surface area contributed by atoms with E-state index >= 15 is 0 Å². The van der Waals surface area contributed by atoms with Crippen LogP contribution in [0.4, 0.5) is 0 Å². The lowest BCUT2D eigenvalue weighted by Gasteiger charge is -2.11. The SMILES string of the molecule is Cc1cc(C)cc(-c2cccc(-c3cccc(-c4cccc(-c5cccc(-c6cc(C)cc(C)c6)c5)c4)c3)c2)c1. The van der Waals surface area contributed by atoms with Crippen molar-refractivity contribution in [2.45, 2.75) is 27.7 Å². The largest absolute Gasteiger partial charge is 0.0610 e. The molecule has 0 aliphatic heterocycles. The lowest BCUT2D eigenvalue weighted by Crippen LogP contribution is -1.86. The molecule has 6 rings (SSSR count). The third-order valence-corrected chi connectivity index (χ3v) is 7.56. The van der Waals surface area contributed by atoms with Gasteiger partial charge in [0.1, 0.15) is 0 Å². The van der Waals surface area contributed by atoms with Gasteiger partial charge in [-0.3, -0.25) is 0 Å². The summed E-state index contributed by atoms with van der Waals surface area (Å²) in [6.45, 7) is 8.66. The van der Waals surface area contributed by atoms with Gasteiger partial charge in [-0.1, -0.05) is 131 Å². The van der Waals surface area contributed by atoms with Crippen molar-refractivity contribution in [1.82, 2.24) is 0 Å². The molecular weight excluding hydrogens is 480 g/mol. The molecule has 6 aromatic rings. The number of aryl methyl sites for hydroxylation is 4. The summed E-state index contributed by atoms with van der Waals surface area (Å²) in [5, 5.41) is 0. The maximum atomic E-state index is 2.31. The first kappa shape index (κ1) is 25.6. The first-order chi connectivity index (χ1) is 19.4. The predicted octanol–water partition coefficient (Wildman–Crippen LogP) is 11.3. The van der Waals surface area contributed by atoms with E-state index in [-0.39, 0.29) is 0 Å². The van der Waals surface area contributed by atoms with Crippen molar-refractivity contribution in [2.75, 3.05) is 0 Å². The van der Waals surface area contributed by atoms with Crippen LogP contribution in [0.3, 0.4) is 0 Å². The minimum Gasteiger partial charge on any atom is -0.0610 e. The molecule has 0 radical (unpaired) electrons. The van der Waals surface area contributed by atoms with Crippen LogP contribution in [0.2, 0.25) is 0 Å². The molecule has 0 heterocycles. The summed E-state index contributed by atoms with van der Waals surface area (Å²) in [5.74, 6) is 0. The van der Waals surface area contributed by atoms with Crippen LogP contribution in [-0.4, -0.2) is 0 Å². The second-order valence-electron chi connectivity index (χ2n) is 11.1. The lowest BCUT2D eigenvalue weighted by atomic mass is 9.93. The zero-order valence-corrected chi connectivity index (χ0v) is 23.7. The Kier molecular flexibility index (Phi) is 6.93. The molecular formula is C40H34. The highest BCUT2D eigenvalue weighted by Crippen LogP contribution is 2.33. The third-order valence-electron chi connectivity index (χ3n) is 7.56. The summed E-state index contributed by atoms with van der Waals surface area (Å²) in [4.78, 5) is 0. The van der Waals surface area contributed by atoms with Gasteiger partial charge in [0.05, 0.1) is 0 Å². The number of benzene rings is 6. The van der Waals surface area contributed by atoms with Crippen LogP contribution in [0, 0.1) is 27.7 Å². The molecule has 0 aromatic heterocycles. The Morgan fingerprint density at radius 3 is 0.650 bits per heavy atom. The number of rotatable bonds is 5. The summed E-state index contributed by atoms with van der Waals surface area (Å²) >= 11 is 0. The van der Waals surface area contributed by atoms with E-state index in [4.69, 9.17) is 0 Å². The summed E-state index contributed by atoms with van der Waals surface area (Å²) < 4.78 is 0. The Morgan fingerprint density at radius 2 is 0.425 bits per heavy atom. The van der Waals surface area contributed by atoms with Crippen LogP contribution in [0.1, 0.15) is 22.3 Å². The molecule has 0 saturated heterocycles. The van der Waals surface area contributed by atoms with Crippen molar-refractivity contribution in [3.8, 4) is 55.6 Å². The maximum Gasteiger partial charge on any atom is -0.0178 e. The highest BCUT2D eigenvalue weighted by molar-refractivity contribution is 5.80. The van der Waals surface area contributed by atoms with Crippen molar-refractivity contribution in [3.63, 3.8) is 0 Å². The van der Waals surface area contributed by atoms with Crippen LogP contribution in [0.25, 0.3) is 55.6 Å². The van der Waals surface area contributed by atoms with Gasteiger partial charge in [-0.25, -0.2) is 0 Å². The Morgan fingerprint density at radius 1 is 0.225 bits per heavy atom. The average Bonchev–Trinajstić information content (AvgIpc) is 2.96. The molecule has 0 fully saturated rings. The maximum absolute atomic E-state index is 2.31. The van der Waals surface area contributed by atoms with E-state index in [1.807, 2.05) is 0 Å². The summed E-state index contributed by atoms with van der Waals surface area (Å²) in [6.07, 6.45) is 0. The standard InChI is InChI=1S/C40H34/c1-27-17-28(2)20-39(19-27)37-15-7-13-35(25-37)33-11-5-9-31(23-33)32-10-6-12-34(24-32)36-14-8-16-38(26-36)40-21-29(3)18-30(4)22-40/h5-26H,1-4H3. The topological polar surface area (TPSA) is 0 Å². The molecule has 0 aliphatic rings. The third kappa shape index (κ3) is 5.53. The molecule has 0 saturated carbocycles. The molecule has 40 heavy (non-hydrogen) atoms. The van der Waals surface area contributed by atoms with Gasteiger partial charge in [-0.2, -0.15) is 0 Å². The first-order valence-corrected chi connectivity index (χ1v) is 14.0. The summed E-state index contributed by atoms with van der Waals surface area (Å²) in [7, 11) is 0. The summed E-state index contributed by atoms with van der Waals surface area (Å²) in [5.41, 5.74) is 17.6. The smallest absolute Gasteiger partial charge is 0.0178 e. The van der Waals surface area contributed by atoms with Crippen molar-refractivity contribution in [2.24, 2.45) is 0 Å². The Balaban J connectivity index is 1.33. The van der Waals surface area contributed by atoms with Gasteiger partial charge in [0.15, 0.2) is 0 Å². The van der Waals surface area contributed by atoms with Gasteiger partial charge in [0.2, 0.25) is 0 Å². The van der Waals surface area contributed by atoms with E-state index in [9.17, 15) is 0 Å². The highest BCUT2D eigenvalue weighted by atomic mass is 14.1. The molecule has 6 aromatic carbocycles. The number of hydrogen-bond acceptors (Lipinski definition) is 0. The average molecular weight is 515 g/mol. The van der Waals surface area contributed by atoms with Crippen LogP contribution in [0.15, 0.2) is 133 Å². The van der Waals surface area contributed by atoms with Gasteiger partial charge in [-0.15, -0.1) is 0 Å². The van der Waals surface area contributed by atoms with Gasteiger partial charge in [0.25, 0.3) is 0 Å². The molecule has 0 spiro atoms. The van der Waals surface area contributed by atoms with E-state index in [1.54, 1.807) is 0 Å². The fourth-order valence-corrected chi connectivity index (χ4v) is 5.80. The van der Waals surface area contributed by atoms with Crippen molar-refractivity contribution < 1.29 is 0 Å². The quantitative estimate of drug-likeness (QED) is 0.215. The van der Waals surface area contributed by atoms with Crippen LogP contribution >= 0.6 is 0 Å². The van der Waals surface area contributed by atoms with Crippen molar-refractivity contribution in [1.29, 1.82) is 0 Å². The highest BCUT2D eigenvalue weighted by Gasteiger charge is 2.08. The molecule has 0 nitrogen and oxygen atoms in total. The minimum absolute atomic E-state index is 1.22. The molecule has 0 heteroatoms. The Labute approximate surface area is 238 Å². The normalized spacial score (nSPS) is 11.0. The molecule has 0 atom stereocenters. The van der Waals surface area contributed by atoms with E-state index in [2.05, 4.69) is 161 Å². The lowest BCUT2D eigenvalue weighted by molar-refractivity contribution is 1.38. The predicted molar refractivity (Wildman–Crippen MR) is 173 cm³/mol. The Bertz CT molecular complexity index is 1660. The van der Waals surface area contributed by atoms with Crippen LogP contribution in [-0.2, 0) is 0 Å². The molecule has 194 valence electrons. The fraction of sp³-hybridized carbons (Fsp3) is 0.100. The molecule has 0 unspecified atom stereocenters. The van der Waals surface area contributed by atoms with E-state index < -0.39 is 0 Å². The monoisotopic (exact) mass is 514 g/mol. The zero-order chi connectivity index (χ0) is 27.6. The van der Waals surface area contributed by atoms with E-state index in [0.29, 0.717) is 0 Å². The summed E-state index contributed by atoms with van der Waals surface area (Å²) in [6, 6.07) is 49.1. The van der Waals surface area contributed by atoms with Gasteiger partial charge in [0, 0.05) is 0 Å². The van der Waals surface area contributed by atoms with Crippen LogP contribution in [0.5, 0.6) is 0 Å². The first-order valence-electron chi connectivity index (χ1n) is 14.0. The second kappa shape index (κ2) is 10.8. The van der Waals surface area contributed by atoms with E-state index in [0.717, 1.165) is 0 Å². The molecule has 0 bridgehead atoms. The van der Waals surface area contributed by atoms with Crippen LogP contribution < -0.4 is 0 Å².